The molecule has 25 heavy (non-hydrogen) atoms. The molecule has 0 fully saturated rings. The highest BCUT2D eigenvalue weighted by Crippen LogP contribution is 2.36. The molecule has 10 heteroatoms. The number of nitrogens with one attached hydrogen (secondary N) is 1. The summed E-state index contributed by atoms with van der Waals surface area (Å²) in [5.41, 5.74) is 0.265. The molecule has 2 aromatic rings. The third-order valence-electron chi connectivity index (χ3n) is 3.11. The zero-order valence-corrected chi connectivity index (χ0v) is 14.0. The average molecular weight is 379 g/mol. The lowest BCUT2D eigenvalue weighted by Crippen LogP contribution is -2.14. The first-order valence-electron chi connectivity index (χ1n) is 7.11. The normalized spacial score (nSPS) is 10.8. The lowest BCUT2D eigenvalue weighted by Gasteiger charge is -2.10. The van der Waals surface area contributed by atoms with Gasteiger partial charge >= 0.3 is 12.6 Å². The number of esters is 1. The van der Waals surface area contributed by atoms with Gasteiger partial charge in [0.25, 0.3) is 0 Å². The molecule has 1 aromatic carbocycles. The Kier molecular flexibility index (Phi) is 6.13. The third kappa shape index (κ3) is 4.56. The number of nitrogens with zero attached hydrogens (tertiary/aromatic N) is 1. The Morgan fingerprint density at radius 1 is 1.40 bits per heavy atom. The van der Waals surface area contributed by atoms with Crippen LogP contribution in [0.25, 0.3) is 11.3 Å². The number of rotatable bonds is 7. The van der Waals surface area contributed by atoms with Gasteiger partial charge in [-0.2, -0.15) is 8.78 Å². The monoisotopic (exact) mass is 378 g/mol. The Bertz CT molecular complexity index is 767. The number of ether oxygens (including phenoxy) is 3. The highest BCUT2D eigenvalue weighted by Gasteiger charge is 2.20. The number of hydrogen-bond donors (Lipinski definition) is 1. The Labute approximate surface area is 145 Å². The maximum absolute atomic E-state index is 14.2. The lowest BCUT2D eigenvalue weighted by atomic mass is 10.1. The standard InChI is InChI=1S/C15H14ClF3N2O4/c1-3-23-12(22)6-24-11-4-8(10(17)5-9(11)16)13-7(2)14(21-20-13)25-15(18)19/h4-5,15H,3,6H2,1-2H3,(H,20,21). The molecular formula is C15H14ClF3N2O4. The van der Waals surface area contributed by atoms with Crippen LogP contribution in [0, 0.1) is 12.7 Å². The van der Waals surface area contributed by atoms with Crippen LogP contribution in [-0.4, -0.2) is 36.0 Å². The van der Waals surface area contributed by atoms with Crippen LogP contribution in [0.4, 0.5) is 13.2 Å². The van der Waals surface area contributed by atoms with Crippen molar-refractivity contribution in [2.75, 3.05) is 13.2 Å². The minimum atomic E-state index is -3.06. The van der Waals surface area contributed by atoms with Gasteiger partial charge in [0.05, 0.1) is 17.3 Å². The first kappa shape index (κ1) is 18.9. The quantitative estimate of drug-likeness (QED) is 0.743. The van der Waals surface area contributed by atoms with Gasteiger partial charge in [0.15, 0.2) is 6.61 Å². The molecule has 1 aromatic heterocycles. The Morgan fingerprint density at radius 3 is 2.76 bits per heavy atom. The average Bonchev–Trinajstić information content (AvgIpc) is 2.87. The van der Waals surface area contributed by atoms with Crippen LogP contribution in [0.2, 0.25) is 5.02 Å². The molecule has 1 N–H and O–H groups in total. The first-order chi connectivity index (χ1) is 11.8. The summed E-state index contributed by atoms with van der Waals surface area (Å²) in [5.74, 6) is -1.68. The molecule has 2 rings (SSSR count). The Balaban J connectivity index is 2.31. The topological polar surface area (TPSA) is 73.4 Å². The van der Waals surface area contributed by atoms with Gasteiger partial charge in [-0.3, -0.25) is 5.10 Å². The Hall–Kier alpha value is -2.42. The fraction of sp³-hybridized carbons (Fsp3) is 0.333. The number of carbonyl (C=O) groups excluding carboxylic acids is 1. The van der Waals surface area contributed by atoms with E-state index in [-0.39, 0.29) is 40.1 Å². The number of alkyl halides is 2. The lowest BCUT2D eigenvalue weighted by molar-refractivity contribution is -0.145. The van der Waals surface area contributed by atoms with E-state index in [1.807, 2.05) is 0 Å². The molecule has 0 spiro atoms. The second-order valence-electron chi connectivity index (χ2n) is 4.76. The summed E-state index contributed by atoms with van der Waals surface area (Å²) in [4.78, 5) is 11.3. The largest absolute Gasteiger partial charge is 0.480 e. The number of hydrogen-bond acceptors (Lipinski definition) is 5. The summed E-state index contributed by atoms with van der Waals surface area (Å²) in [5, 5.41) is 5.95. The van der Waals surface area contributed by atoms with Crippen molar-refractivity contribution in [2.24, 2.45) is 0 Å². The van der Waals surface area contributed by atoms with Crippen LogP contribution in [0.1, 0.15) is 12.5 Å². The predicted molar refractivity (Wildman–Crippen MR) is 82.5 cm³/mol. The van der Waals surface area contributed by atoms with Crippen LogP contribution < -0.4 is 9.47 Å². The molecule has 6 nitrogen and oxygen atoms in total. The molecule has 0 bridgehead atoms. The summed E-state index contributed by atoms with van der Waals surface area (Å²) in [6.45, 7) is -0.219. The first-order valence-corrected chi connectivity index (χ1v) is 7.48. The molecule has 0 atom stereocenters. The summed E-state index contributed by atoms with van der Waals surface area (Å²) in [6, 6.07) is 2.20. The molecule has 0 radical (unpaired) electrons. The van der Waals surface area contributed by atoms with Crippen molar-refractivity contribution in [3.05, 3.63) is 28.5 Å². The second kappa shape index (κ2) is 8.11. The second-order valence-corrected chi connectivity index (χ2v) is 5.17. The zero-order valence-electron chi connectivity index (χ0n) is 13.2. The smallest absolute Gasteiger partial charge is 0.388 e. The maximum Gasteiger partial charge on any atom is 0.388 e. The van der Waals surface area contributed by atoms with Gasteiger partial charge in [-0.1, -0.05) is 11.6 Å². The van der Waals surface area contributed by atoms with Crippen molar-refractivity contribution in [2.45, 2.75) is 20.5 Å². The summed E-state index contributed by atoms with van der Waals surface area (Å²) in [6.07, 6.45) is 0. The van der Waals surface area contributed by atoms with Gasteiger partial charge in [0.1, 0.15) is 11.6 Å². The fourth-order valence-electron chi connectivity index (χ4n) is 2.01. The number of halogens is 4. The van der Waals surface area contributed by atoms with Gasteiger partial charge < -0.3 is 14.2 Å². The molecular weight excluding hydrogens is 365 g/mol. The zero-order chi connectivity index (χ0) is 18.6. The number of H-pyrrole nitrogens is 1. The third-order valence-corrected chi connectivity index (χ3v) is 3.40. The van der Waals surface area contributed by atoms with E-state index in [2.05, 4.69) is 14.9 Å². The van der Waals surface area contributed by atoms with Crippen LogP contribution >= 0.6 is 11.6 Å². The number of benzene rings is 1. The number of aromatic amines is 1. The van der Waals surface area contributed by atoms with Crippen molar-refractivity contribution in [3.8, 4) is 22.9 Å². The molecule has 136 valence electrons. The molecule has 0 amide bonds. The summed E-state index contributed by atoms with van der Waals surface area (Å²) >= 11 is 5.90. The molecule has 0 saturated carbocycles. The summed E-state index contributed by atoms with van der Waals surface area (Å²) < 4.78 is 53.0. The van der Waals surface area contributed by atoms with E-state index in [1.165, 1.54) is 13.0 Å². The molecule has 1 heterocycles. The molecule has 0 aliphatic carbocycles. The van der Waals surface area contributed by atoms with E-state index in [4.69, 9.17) is 21.1 Å². The van der Waals surface area contributed by atoms with Crippen LogP contribution in [0.3, 0.4) is 0 Å². The molecule has 0 aliphatic heterocycles. The van der Waals surface area contributed by atoms with Crippen LogP contribution in [0.15, 0.2) is 12.1 Å². The highest BCUT2D eigenvalue weighted by atomic mass is 35.5. The van der Waals surface area contributed by atoms with E-state index in [9.17, 15) is 18.0 Å². The van der Waals surface area contributed by atoms with E-state index >= 15 is 0 Å². The van der Waals surface area contributed by atoms with E-state index < -0.39 is 25.0 Å². The predicted octanol–water partition coefficient (Wildman–Crippen LogP) is 3.72. The highest BCUT2D eigenvalue weighted by molar-refractivity contribution is 6.32. The minimum absolute atomic E-state index is 0.0245. The molecule has 0 unspecified atom stereocenters. The van der Waals surface area contributed by atoms with Crippen molar-refractivity contribution in [1.82, 2.24) is 10.2 Å². The minimum Gasteiger partial charge on any atom is -0.480 e. The van der Waals surface area contributed by atoms with E-state index in [1.54, 1.807) is 6.92 Å². The number of carbonyl (C=O) groups is 1. The van der Waals surface area contributed by atoms with Gasteiger partial charge in [-0.25, -0.2) is 9.18 Å². The molecule has 0 saturated heterocycles. The van der Waals surface area contributed by atoms with Crippen molar-refractivity contribution in [1.29, 1.82) is 0 Å². The maximum atomic E-state index is 14.2. The Morgan fingerprint density at radius 2 is 2.12 bits per heavy atom. The van der Waals surface area contributed by atoms with Gasteiger partial charge in [-0.05, 0) is 26.0 Å². The van der Waals surface area contributed by atoms with E-state index in [0.717, 1.165) is 6.07 Å². The van der Waals surface area contributed by atoms with Crippen LogP contribution in [-0.2, 0) is 9.53 Å². The summed E-state index contributed by atoms with van der Waals surface area (Å²) in [7, 11) is 0. The van der Waals surface area contributed by atoms with Crippen molar-refractivity contribution < 1.29 is 32.2 Å². The SMILES string of the molecule is CCOC(=O)COc1cc(-c2[nH]nc(OC(F)F)c2C)c(F)cc1Cl. The van der Waals surface area contributed by atoms with Crippen molar-refractivity contribution >= 4 is 17.6 Å². The van der Waals surface area contributed by atoms with Gasteiger partial charge in [0.2, 0.25) is 5.88 Å². The molecule has 0 aliphatic rings. The van der Waals surface area contributed by atoms with Gasteiger partial charge in [-0.15, -0.1) is 5.10 Å². The van der Waals surface area contributed by atoms with Gasteiger partial charge in [0, 0.05) is 11.1 Å². The fourth-order valence-corrected chi connectivity index (χ4v) is 2.22. The van der Waals surface area contributed by atoms with Crippen LogP contribution in [0.5, 0.6) is 11.6 Å². The van der Waals surface area contributed by atoms with E-state index in [0.29, 0.717) is 0 Å². The number of aromatic nitrogens is 2. The van der Waals surface area contributed by atoms with Crippen molar-refractivity contribution in [3.63, 3.8) is 0 Å².